The molecule has 29 heavy (non-hydrogen) atoms. The first kappa shape index (κ1) is 20.3. The van der Waals surface area contributed by atoms with Gasteiger partial charge in [-0.15, -0.1) is 11.3 Å². The van der Waals surface area contributed by atoms with Gasteiger partial charge in [0.25, 0.3) is 5.91 Å². The van der Waals surface area contributed by atoms with Crippen LogP contribution in [0.5, 0.6) is 0 Å². The van der Waals surface area contributed by atoms with Gasteiger partial charge in [-0.05, 0) is 44.1 Å². The number of carboxylic acid groups (broad SMARTS) is 1. The molecule has 2 amide bonds. The highest BCUT2D eigenvalue weighted by Gasteiger charge is 2.37. The van der Waals surface area contributed by atoms with Crippen LogP contribution in [0.4, 0.5) is 5.00 Å². The Morgan fingerprint density at radius 3 is 2.41 bits per heavy atom. The molecule has 1 aliphatic heterocycles. The molecule has 2 N–H and O–H groups in total. The average molecular weight is 421 g/mol. The Morgan fingerprint density at radius 2 is 1.69 bits per heavy atom. The number of carbonyl (C=O) groups excluding carboxylic acids is 2. The molecule has 8 heteroatoms. The molecule has 0 bridgehead atoms. The van der Waals surface area contributed by atoms with Crippen LogP contribution in [0.3, 0.4) is 0 Å². The van der Waals surface area contributed by atoms with Crippen molar-refractivity contribution in [1.29, 1.82) is 0 Å². The Balaban J connectivity index is 1.61. The van der Waals surface area contributed by atoms with Gasteiger partial charge >= 0.3 is 5.97 Å². The maximum absolute atomic E-state index is 13.3. The average Bonchev–Trinajstić information content (AvgIpc) is 3.11. The molecule has 0 radical (unpaired) electrons. The highest BCUT2D eigenvalue weighted by molar-refractivity contribution is 7.17. The van der Waals surface area contributed by atoms with E-state index in [1.807, 2.05) is 0 Å². The summed E-state index contributed by atoms with van der Waals surface area (Å²) in [6.07, 6.45) is 6.75. The van der Waals surface area contributed by atoms with E-state index < -0.39 is 17.8 Å². The largest absolute Gasteiger partial charge is 0.481 e. The summed E-state index contributed by atoms with van der Waals surface area (Å²) in [5.74, 6) is -2.38. The Bertz CT molecular complexity index is 799. The molecule has 2 unspecified atom stereocenters. The molecule has 2 atom stereocenters. The summed E-state index contributed by atoms with van der Waals surface area (Å²) >= 11 is 1.50. The van der Waals surface area contributed by atoms with Crippen molar-refractivity contribution in [2.24, 2.45) is 11.8 Å². The van der Waals surface area contributed by atoms with Crippen LogP contribution in [0, 0.1) is 11.8 Å². The number of carbonyl (C=O) groups is 3. The maximum Gasteiger partial charge on any atom is 0.307 e. The van der Waals surface area contributed by atoms with Crippen LogP contribution in [-0.4, -0.2) is 54.1 Å². The summed E-state index contributed by atoms with van der Waals surface area (Å²) in [7, 11) is 0. The molecule has 2 fully saturated rings. The lowest BCUT2D eigenvalue weighted by atomic mass is 9.78. The SMILES string of the molecule is O=C(O)C1CCCCC1C(=O)Nc1sc2c(c1C(=O)N1CCOCC1)CCCC2. The zero-order chi connectivity index (χ0) is 20.4. The highest BCUT2D eigenvalue weighted by atomic mass is 32.1. The van der Waals surface area contributed by atoms with Gasteiger partial charge in [0.05, 0.1) is 30.6 Å². The molecule has 158 valence electrons. The Morgan fingerprint density at radius 1 is 1.00 bits per heavy atom. The highest BCUT2D eigenvalue weighted by Crippen LogP contribution is 2.40. The molecule has 1 saturated carbocycles. The monoisotopic (exact) mass is 420 g/mol. The first-order valence-electron chi connectivity index (χ1n) is 10.6. The van der Waals surface area contributed by atoms with E-state index in [9.17, 15) is 19.5 Å². The van der Waals surface area contributed by atoms with Crippen LogP contribution in [0.15, 0.2) is 0 Å². The number of hydrogen-bond acceptors (Lipinski definition) is 5. The lowest BCUT2D eigenvalue weighted by Gasteiger charge is -2.29. The van der Waals surface area contributed by atoms with Crippen LogP contribution in [-0.2, 0) is 27.2 Å². The Hall–Kier alpha value is -1.93. The third kappa shape index (κ3) is 4.19. The van der Waals surface area contributed by atoms with Crippen molar-refractivity contribution in [2.75, 3.05) is 31.6 Å². The zero-order valence-corrected chi connectivity index (χ0v) is 17.4. The number of hydrogen-bond donors (Lipinski definition) is 2. The second-order valence-electron chi connectivity index (χ2n) is 8.14. The van der Waals surface area contributed by atoms with E-state index in [0.29, 0.717) is 49.7 Å². The number of nitrogens with one attached hydrogen (secondary N) is 1. The number of aliphatic carboxylic acids is 1. The lowest BCUT2D eigenvalue weighted by molar-refractivity contribution is -0.147. The fourth-order valence-electron chi connectivity index (χ4n) is 4.75. The van der Waals surface area contributed by atoms with Crippen molar-refractivity contribution in [3.05, 3.63) is 16.0 Å². The van der Waals surface area contributed by atoms with Gasteiger partial charge in [-0.25, -0.2) is 0 Å². The van der Waals surface area contributed by atoms with Gasteiger partial charge in [-0.2, -0.15) is 0 Å². The summed E-state index contributed by atoms with van der Waals surface area (Å²) in [4.78, 5) is 40.9. The number of nitrogens with zero attached hydrogens (tertiary/aromatic N) is 1. The third-order valence-corrected chi connectivity index (χ3v) is 7.55. The van der Waals surface area contributed by atoms with Crippen molar-refractivity contribution in [3.8, 4) is 0 Å². The number of fused-ring (bicyclic) bond motifs is 1. The molecule has 0 aromatic carbocycles. The number of rotatable bonds is 4. The molecule has 2 heterocycles. The molecule has 2 aliphatic carbocycles. The molecule has 1 aromatic rings. The standard InChI is InChI=1S/C21H28N2O5S/c24-18(13-5-1-2-6-14(13)21(26)27)22-19-17(15-7-3-4-8-16(15)29-19)20(25)23-9-11-28-12-10-23/h13-14H,1-12H2,(H,22,24)(H,26,27). The van der Waals surface area contributed by atoms with Gasteiger partial charge in [0.15, 0.2) is 0 Å². The zero-order valence-electron chi connectivity index (χ0n) is 16.6. The van der Waals surface area contributed by atoms with E-state index >= 15 is 0 Å². The first-order chi connectivity index (χ1) is 14.1. The molecule has 1 aromatic heterocycles. The predicted molar refractivity (Wildman–Crippen MR) is 109 cm³/mol. The predicted octanol–water partition coefficient (Wildman–Crippen LogP) is 2.93. The summed E-state index contributed by atoms with van der Waals surface area (Å²) in [5, 5.41) is 13.1. The normalized spacial score (nSPS) is 24.6. The summed E-state index contributed by atoms with van der Waals surface area (Å²) < 4.78 is 5.37. The summed E-state index contributed by atoms with van der Waals surface area (Å²) in [6.45, 7) is 2.17. The van der Waals surface area contributed by atoms with Crippen molar-refractivity contribution in [3.63, 3.8) is 0 Å². The number of thiophene rings is 1. The number of aryl methyl sites for hydroxylation is 1. The van der Waals surface area contributed by atoms with Crippen molar-refractivity contribution >= 4 is 34.1 Å². The maximum atomic E-state index is 13.3. The smallest absolute Gasteiger partial charge is 0.307 e. The van der Waals surface area contributed by atoms with E-state index in [1.165, 1.54) is 16.2 Å². The number of ether oxygens (including phenoxy) is 1. The molecule has 3 aliphatic rings. The topological polar surface area (TPSA) is 95.9 Å². The van der Waals surface area contributed by atoms with E-state index in [0.717, 1.165) is 44.1 Å². The summed E-state index contributed by atoms with van der Waals surface area (Å²) in [5.41, 5.74) is 1.70. The molecule has 4 rings (SSSR count). The van der Waals surface area contributed by atoms with Gasteiger partial charge in [-0.1, -0.05) is 12.8 Å². The van der Waals surface area contributed by atoms with Crippen molar-refractivity contribution < 1.29 is 24.2 Å². The quantitative estimate of drug-likeness (QED) is 0.781. The van der Waals surface area contributed by atoms with Crippen LogP contribution in [0.25, 0.3) is 0 Å². The minimum absolute atomic E-state index is 0.0403. The van der Waals surface area contributed by atoms with E-state index in [2.05, 4.69) is 5.32 Å². The minimum atomic E-state index is -0.903. The van der Waals surface area contributed by atoms with E-state index in [1.54, 1.807) is 4.90 Å². The number of amides is 2. The van der Waals surface area contributed by atoms with Gasteiger partial charge in [0.2, 0.25) is 5.91 Å². The molecular weight excluding hydrogens is 392 g/mol. The number of anilines is 1. The Labute approximate surface area is 174 Å². The van der Waals surface area contributed by atoms with Gasteiger partial charge in [0.1, 0.15) is 5.00 Å². The van der Waals surface area contributed by atoms with Crippen LogP contribution in [0.1, 0.15) is 59.3 Å². The molecule has 0 spiro atoms. The van der Waals surface area contributed by atoms with Crippen LogP contribution in [0.2, 0.25) is 0 Å². The van der Waals surface area contributed by atoms with Crippen molar-refractivity contribution in [2.45, 2.75) is 51.4 Å². The third-order valence-electron chi connectivity index (χ3n) is 6.34. The van der Waals surface area contributed by atoms with Crippen LogP contribution >= 0.6 is 11.3 Å². The number of carboxylic acids is 1. The van der Waals surface area contributed by atoms with Crippen molar-refractivity contribution in [1.82, 2.24) is 4.90 Å². The number of morpholine rings is 1. The van der Waals surface area contributed by atoms with E-state index in [4.69, 9.17) is 4.74 Å². The Kier molecular flexibility index (Phi) is 6.20. The fourth-order valence-corrected chi connectivity index (χ4v) is 6.03. The van der Waals surface area contributed by atoms with Gasteiger partial charge in [0, 0.05) is 18.0 Å². The molecular formula is C21H28N2O5S. The van der Waals surface area contributed by atoms with Crippen LogP contribution < -0.4 is 5.32 Å². The fraction of sp³-hybridized carbons (Fsp3) is 0.667. The minimum Gasteiger partial charge on any atom is -0.481 e. The second kappa shape index (κ2) is 8.83. The van der Waals surface area contributed by atoms with E-state index in [-0.39, 0.29) is 11.8 Å². The molecule has 7 nitrogen and oxygen atoms in total. The molecule has 1 saturated heterocycles. The van der Waals surface area contributed by atoms with Gasteiger partial charge < -0.3 is 20.1 Å². The summed E-state index contributed by atoms with van der Waals surface area (Å²) in [6, 6.07) is 0. The first-order valence-corrected chi connectivity index (χ1v) is 11.4. The lowest BCUT2D eigenvalue weighted by Crippen LogP contribution is -2.41. The second-order valence-corrected chi connectivity index (χ2v) is 9.25. The van der Waals surface area contributed by atoms with Gasteiger partial charge in [-0.3, -0.25) is 14.4 Å².